The van der Waals surface area contributed by atoms with E-state index in [1.54, 1.807) is 12.1 Å². The molecule has 0 amide bonds. The second kappa shape index (κ2) is 6.18. The molecule has 1 aromatic carbocycles. The average Bonchev–Trinajstić information content (AvgIpc) is 2.40. The molecule has 4 nitrogen and oxygen atoms in total. The summed E-state index contributed by atoms with van der Waals surface area (Å²) >= 11 is 3.35. The highest BCUT2D eigenvalue weighted by atomic mass is 79.9. The Morgan fingerprint density at radius 3 is 2.67 bits per heavy atom. The first-order valence-corrected chi connectivity index (χ1v) is 7.33. The highest BCUT2D eigenvalue weighted by Gasteiger charge is 2.17. The molecule has 5 heteroatoms. The van der Waals surface area contributed by atoms with Crippen LogP contribution in [-0.2, 0) is 5.33 Å². The molecule has 2 rings (SSSR count). The van der Waals surface area contributed by atoms with E-state index in [9.17, 15) is 10.1 Å². The lowest BCUT2D eigenvalue weighted by Crippen LogP contribution is -2.20. The number of nitro benzene ring substituents is 1. The van der Waals surface area contributed by atoms with Crippen LogP contribution in [0.25, 0.3) is 0 Å². The third kappa shape index (κ3) is 3.22. The van der Waals surface area contributed by atoms with Crippen LogP contribution in [0.15, 0.2) is 18.2 Å². The molecule has 1 aliphatic carbocycles. The maximum absolute atomic E-state index is 10.7. The number of hydrogen-bond acceptors (Lipinski definition) is 3. The molecule has 0 unspecified atom stereocenters. The van der Waals surface area contributed by atoms with Crippen molar-refractivity contribution < 1.29 is 9.66 Å². The molecule has 1 aromatic rings. The van der Waals surface area contributed by atoms with E-state index in [-0.39, 0.29) is 16.7 Å². The van der Waals surface area contributed by atoms with Gasteiger partial charge in [-0.2, -0.15) is 0 Å². The molecule has 0 spiro atoms. The van der Waals surface area contributed by atoms with Gasteiger partial charge in [0.25, 0.3) is 5.69 Å². The van der Waals surface area contributed by atoms with Crippen molar-refractivity contribution in [3.05, 3.63) is 33.9 Å². The molecule has 0 aromatic heterocycles. The molecular weight excluding hydrogens is 298 g/mol. The van der Waals surface area contributed by atoms with Gasteiger partial charge in [0.05, 0.1) is 11.0 Å². The quantitative estimate of drug-likeness (QED) is 0.475. The summed E-state index contributed by atoms with van der Waals surface area (Å²) in [4.78, 5) is 10.3. The summed E-state index contributed by atoms with van der Waals surface area (Å²) in [6, 6.07) is 4.79. The Morgan fingerprint density at radius 2 is 2.06 bits per heavy atom. The van der Waals surface area contributed by atoms with E-state index >= 15 is 0 Å². The smallest absolute Gasteiger partial charge is 0.270 e. The fourth-order valence-corrected chi connectivity index (χ4v) is 2.70. The second-order valence-corrected chi connectivity index (χ2v) is 5.12. The maximum Gasteiger partial charge on any atom is 0.270 e. The van der Waals surface area contributed by atoms with E-state index in [1.807, 2.05) is 0 Å². The fraction of sp³-hybridized carbons (Fsp3) is 0.538. The molecule has 0 aliphatic heterocycles. The number of benzene rings is 1. The minimum Gasteiger partial charge on any atom is -0.490 e. The largest absolute Gasteiger partial charge is 0.490 e. The van der Waals surface area contributed by atoms with Crippen LogP contribution in [0, 0.1) is 10.1 Å². The minimum atomic E-state index is -0.378. The summed E-state index contributed by atoms with van der Waals surface area (Å²) in [5.41, 5.74) is 0.954. The van der Waals surface area contributed by atoms with Gasteiger partial charge in [0.2, 0.25) is 0 Å². The minimum absolute atomic E-state index is 0.112. The van der Waals surface area contributed by atoms with Crippen LogP contribution in [0.2, 0.25) is 0 Å². The summed E-state index contributed by atoms with van der Waals surface area (Å²) in [7, 11) is 0. The van der Waals surface area contributed by atoms with E-state index < -0.39 is 0 Å². The summed E-state index contributed by atoms with van der Waals surface area (Å²) in [5.74, 6) is 0.768. The van der Waals surface area contributed by atoms with Crippen molar-refractivity contribution in [3.8, 4) is 5.75 Å². The van der Waals surface area contributed by atoms with Gasteiger partial charge in [-0.15, -0.1) is 0 Å². The van der Waals surface area contributed by atoms with Crippen LogP contribution >= 0.6 is 15.9 Å². The Balaban J connectivity index is 2.13. The Labute approximate surface area is 115 Å². The molecule has 18 heavy (non-hydrogen) atoms. The SMILES string of the molecule is O=[N+]([O-])c1ccc(OC2CCCCC2)c(CBr)c1. The summed E-state index contributed by atoms with van der Waals surface area (Å²) in [6.07, 6.45) is 6.13. The van der Waals surface area contributed by atoms with E-state index in [0.717, 1.165) is 24.2 Å². The van der Waals surface area contributed by atoms with Crippen LogP contribution in [0.5, 0.6) is 5.75 Å². The van der Waals surface area contributed by atoms with Gasteiger partial charge in [0, 0.05) is 23.0 Å². The van der Waals surface area contributed by atoms with Crippen molar-refractivity contribution in [2.24, 2.45) is 0 Å². The topological polar surface area (TPSA) is 52.4 Å². The lowest BCUT2D eigenvalue weighted by molar-refractivity contribution is -0.384. The zero-order valence-corrected chi connectivity index (χ0v) is 11.7. The number of rotatable bonds is 4. The number of alkyl halides is 1. The van der Waals surface area contributed by atoms with E-state index in [2.05, 4.69) is 15.9 Å². The molecular formula is C13H16BrNO3. The standard InChI is InChI=1S/C13H16BrNO3/c14-9-10-8-11(15(16)17)6-7-13(10)18-12-4-2-1-3-5-12/h6-8,12H,1-5,9H2. The molecule has 1 fully saturated rings. The highest BCUT2D eigenvalue weighted by molar-refractivity contribution is 9.08. The van der Waals surface area contributed by atoms with E-state index in [4.69, 9.17) is 4.74 Å². The molecule has 0 radical (unpaired) electrons. The third-order valence-corrected chi connectivity index (χ3v) is 3.85. The molecule has 1 aliphatic rings. The van der Waals surface area contributed by atoms with Gasteiger partial charge in [-0.25, -0.2) is 0 Å². The Kier molecular flexibility index (Phi) is 4.58. The van der Waals surface area contributed by atoms with Crippen LogP contribution in [0.1, 0.15) is 37.7 Å². The summed E-state index contributed by atoms with van der Waals surface area (Å²) < 4.78 is 5.96. The highest BCUT2D eigenvalue weighted by Crippen LogP contribution is 2.30. The molecule has 98 valence electrons. The molecule has 0 bridgehead atoms. The first-order valence-electron chi connectivity index (χ1n) is 6.20. The van der Waals surface area contributed by atoms with Crippen molar-refractivity contribution in [3.63, 3.8) is 0 Å². The number of halogens is 1. The summed E-state index contributed by atoms with van der Waals surface area (Å²) in [6.45, 7) is 0. The van der Waals surface area contributed by atoms with Crippen LogP contribution in [-0.4, -0.2) is 11.0 Å². The van der Waals surface area contributed by atoms with Crippen molar-refractivity contribution >= 4 is 21.6 Å². The normalized spacial score (nSPS) is 16.5. The Morgan fingerprint density at radius 1 is 1.33 bits per heavy atom. The third-order valence-electron chi connectivity index (χ3n) is 3.24. The van der Waals surface area contributed by atoms with Crippen LogP contribution < -0.4 is 4.74 Å². The maximum atomic E-state index is 10.7. The molecule has 0 heterocycles. The van der Waals surface area contributed by atoms with Gasteiger partial charge < -0.3 is 4.74 Å². The first-order chi connectivity index (χ1) is 8.70. The van der Waals surface area contributed by atoms with Crippen molar-refractivity contribution in [2.45, 2.75) is 43.5 Å². The lowest BCUT2D eigenvalue weighted by atomic mass is 9.98. The number of non-ortho nitro benzene ring substituents is 1. The van der Waals surface area contributed by atoms with Crippen molar-refractivity contribution in [1.82, 2.24) is 0 Å². The van der Waals surface area contributed by atoms with Gasteiger partial charge >= 0.3 is 0 Å². The van der Waals surface area contributed by atoms with Crippen molar-refractivity contribution in [2.75, 3.05) is 0 Å². The molecule has 0 N–H and O–H groups in total. The first kappa shape index (κ1) is 13.3. The number of ether oxygens (including phenoxy) is 1. The van der Waals surface area contributed by atoms with E-state index in [0.29, 0.717) is 5.33 Å². The van der Waals surface area contributed by atoms with Gasteiger partial charge in [0.15, 0.2) is 0 Å². The monoisotopic (exact) mass is 313 g/mol. The number of hydrogen-bond donors (Lipinski definition) is 0. The van der Waals surface area contributed by atoms with Crippen LogP contribution in [0.4, 0.5) is 5.69 Å². The fourth-order valence-electron chi connectivity index (χ4n) is 2.26. The van der Waals surface area contributed by atoms with Gasteiger partial charge in [-0.3, -0.25) is 10.1 Å². The predicted octanol–water partition coefficient (Wildman–Crippen LogP) is 4.20. The van der Waals surface area contributed by atoms with Gasteiger partial charge in [-0.1, -0.05) is 22.4 Å². The average molecular weight is 314 g/mol. The second-order valence-electron chi connectivity index (χ2n) is 4.56. The van der Waals surface area contributed by atoms with Gasteiger partial charge in [-0.05, 0) is 31.7 Å². The lowest BCUT2D eigenvalue weighted by Gasteiger charge is -2.24. The Bertz CT molecular complexity index is 430. The summed E-state index contributed by atoms with van der Waals surface area (Å²) in [5, 5.41) is 11.3. The van der Waals surface area contributed by atoms with Crippen molar-refractivity contribution in [1.29, 1.82) is 0 Å². The molecule has 1 saturated carbocycles. The van der Waals surface area contributed by atoms with E-state index in [1.165, 1.54) is 25.3 Å². The zero-order chi connectivity index (χ0) is 13.0. The molecule has 0 saturated heterocycles. The number of nitro groups is 1. The molecule has 0 atom stereocenters. The van der Waals surface area contributed by atoms with Gasteiger partial charge in [0.1, 0.15) is 5.75 Å². The number of nitrogens with zero attached hydrogens (tertiary/aromatic N) is 1. The van der Waals surface area contributed by atoms with Crippen LogP contribution in [0.3, 0.4) is 0 Å². The zero-order valence-electron chi connectivity index (χ0n) is 10.1. The Hall–Kier alpha value is -1.10. The predicted molar refractivity (Wildman–Crippen MR) is 73.2 cm³/mol.